The Morgan fingerprint density at radius 2 is 1.89 bits per heavy atom. The van der Waals surface area contributed by atoms with Crippen molar-refractivity contribution in [2.24, 2.45) is 0 Å². The highest BCUT2D eigenvalue weighted by Crippen LogP contribution is 2.27. The highest BCUT2D eigenvalue weighted by Gasteiger charge is 2.14. The number of nitrogens with one attached hydrogen (secondary N) is 2. The Balaban J connectivity index is 1.75. The topological polar surface area (TPSA) is 76.1 Å². The summed E-state index contributed by atoms with van der Waals surface area (Å²) in [4.78, 5) is 21.1. The standard InChI is InChI=1S/C21H22N4O2/c1-14-9-10-19(27-3)18(13-14)25-21-22-12-11-17(24-21)20(26)23-15(2)16-7-5-4-6-8-16/h4-13,15H,1-3H3,(H,23,26)(H,22,24,25). The number of rotatable bonds is 6. The SMILES string of the molecule is COc1ccc(C)cc1Nc1nccc(C(=O)NC(C)c2ccccc2)n1. The van der Waals surface area contributed by atoms with Crippen molar-refractivity contribution >= 4 is 17.5 Å². The Hall–Kier alpha value is -3.41. The van der Waals surface area contributed by atoms with E-state index in [1.54, 1.807) is 19.4 Å². The van der Waals surface area contributed by atoms with Gasteiger partial charge in [0.1, 0.15) is 11.4 Å². The van der Waals surface area contributed by atoms with Crippen molar-refractivity contribution in [3.8, 4) is 5.75 Å². The zero-order valence-electron chi connectivity index (χ0n) is 15.6. The smallest absolute Gasteiger partial charge is 0.270 e. The first kappa shape index (κ1) is 18.4. The highest BCUT2D eigenvalue weighted by atomic mass is 16.5. The Morgan fingerprint density at radius 1 is 1.11 bits per heavy atom. The second-order valence-electron chi connectivity index (χ2n) is 6.20. The lowest BCUT2D eigenvalue weighted by Gasteiger charge is -2.14. The number of ether oxygens (including phenoxy) is 1. The minimum atomic E-state index is -0.256. The molecule has 6 nitrogen and oxygen atoms in total. The molecule has 0 radical (unpaired) electrons. The Kier molecular flexibility index (Phi) is 5.66. The summed E-state index contributed by atoms with van der Waals surface area (Å²) in [6.07, 6.45) is 1.56. The summed E-state index contributed by atoms with van der Waals surface area (Å²) >= 11 is 0. The van der Waals surface area contributed by atoms with Gasteiger partial charge >= 0.3 is 0 Å². The largest absolute Gasteiger partial charge is 0.495 e. The van der Waals surface area contributed by atoms with Crippen LogP contribution < -0.4 is 15.4 Å². The fourth-order valence-electron chi connectivity index (χ4n) is 2.68. The van der Waals surface area contributed by atoms with Crippen molar-refractivity contribution in [3.63, 3.8) is 0 Å². The van der Waals surface area contributed by atoms with Gasteiger partial charge in [-0.15, -0.1) is 0 Å². The van der Waals surface area contributed by atoms with Crippen LogP contribution in [0.1, 0.15) is 34.6 Å². The van der Waals surface area contributed by atoms with Gasteiger partial charge in [0.2, 0.25) is 5.95 Å². The van der Waals surface area contributed by atoms with Crippen molar-refractivity contribution < 1.29 is 9.53 Å². The van der Waals surface area contributed by atoms with Crippen molar-refractivity contribution in [1.82, 2.24) is 15.3 Å². The van der Waals surface area contributed by atoms with Crippen LogP contribution in [0.4, 0.5) is 11.6 Å². The third-order valence-electron chi connectivity index (χ3n) is 4.14. The summed E-state index contributed by atoms with van der Waals surface area (Å²) in [7, 11) is 1.60. The molecule has 1 heterocycles. The van der Waals surface area contributed by atoms with Crippen LogP contribution in [0.3, 0.4) is 0 Å². The van der Waals surface area contributed by atoms with Gasteiger partial charge in [0, 0.05) is 6.20 Å². The molecule has 2 aromatic carbocycles. The number of methoxy groups -OCH3 is 1. The Bertz CT molecular complexity index is 928. The van der Waals surface area contributed by atoms with Gasteiger partial charge in [-0.3, -0.25) is 4.79 Å². The fraction of sp³-hybridized carbons (Fsp3) is 0.190. The molecule has 0 aliphatic heterocycles. The van der Waals surface area contributed by atoms with Gasteiger partial charge in [-0.1, -0.05) is 36.4 Å². The van der Waals surface area contributed by atoms with E-state index in [-0.39, 0.29) is 11.9 Å². The molecule has 0 bridgehead atoms. The fourth-order valence-corrected chi connectivity index (χ4v) is 2.68. The monoisotopic (exact) mass is 362 g/mol. The van der Waals surface area contributed by atoms with Crippen molar-refractivity contribution in [3.05, 3.63) is 77.6 Å². The number of carbonyl (C=O) groups is 1. The number of carbonyl (C=O) groups excluding carboxylic acids is 1. The van der Waals surface area contributed by atoms with Gasteiger partial charge in [-0.05, 0) is 43.2 Å². The molecule has 2 N–H and O–H groups in total. The number of anilines is 2. The van der Waals surface area contributed by atoms with Gasteiger partial charge in [0.05, 0.1) is 18.8 Å². The van der Waals surface area contributed by atoms with Crippen LogP contribution in [0.2, 0.25) is 0 Å². The molecule has 3 rings (SSSR count). The molecule has 6 heteroatoms. The van der Waals surface area contributed by atoms with Crippen molar-refractivity contribution in [2.45, 2.75) is 19.9 Å². The molecule has 27 heavy (non-hydrogen) atoms. The Morgan fingerprint density at radius 3 is 2.63 bits per heavy atom. The van der Waals surface area contributed by atoms with Crippen molar-refractivity contribution in [2.75, 3.05) is 12.4 Å². The van der Waals surface area contributed by atoms with Gasteiger partial charge < -0.3 is 15.4 Å². The molecule has 0 spiro atoms. The van der Waals surface area contributed by atoms with E-state index in [4.69, 9.17) is 4.74 Å². The number of hydrogen-bond acceptors (Lipinski definition) is 5. The summed E-state index contributed by atoms with van der Waals surface area (Å²) in [6, 6.07) is 17.0. The molecular weight excluding hydrogens is 340 g/mol. The van der Waals surface area contributed by atoms with Crippen LogP contribution in [0.25, 0.3) is 0 Å². The number of hydrogen-bond donors (Lipinski definition) is 2. The summed E-state index contributed by atoms with van der Waals surface area (Å²) in [5.41, 5.74) is 3.14. The quantitative estimate of drug-likeness (QED) is 0.692. The summed E-state index contributed by atoms with van der Waals surface area (Å²) in [5, 5.41) is 6.07. The number of aromatic nitrogens is 2. The predicted molar refractivity (Wildman–Crippen MR) is 105 cm³/mol. The molecule has 1 aromatic heterocycles. The molecule has 0 saturated heterocycles. The molecule has 3 aromatic rings. The molecule has 0 aliphatic carbocycles. The lowest BCUT2D eigenvalue weighted by Crippen LogP contribution is -2.27. The number of benzene rings is 2. The average molecular weight is 362 g/mol. The molecule has 1 unspecified atom stereocenters. The van der Waals surface area contributed by atoms with E-state index in [0.717, 1.165) is 16.8 Å². The van der Waals surface area contributed by atoms with E-state index in [9.17, 15) is 4.79 Å². The van der Waals surface area contributed by atoms with E-state index in [1.807, 2.05) is 62.4 Å². The molecule has 0 fully saturated rings. The normalized spacial score (nSPS) is 11.5. The average Bonchev–Trinajstić information content (AvgIpc) is 2.69. The number of nitrogens with zero attached hydrogens (tertiary/aromatic N) is 2. The molecule has 138 valence electrons. The lowest BCUT2D eigenvalue weighted by atomic mass is 10.1. The van der Waals surface area contributed by atoms with Crippen LogP contribution in [0.5, 0.6) is 5.75 Å². The van der Waals surface area contributed by atoms with Crippen LogP contribution in [0.15, 0.2) is 60.8 Å². The van der Waals surface area contributed by atoms with Crippen LogP contribution >= 0.6 is 0 Å². The zero-order chi connectivity index (χ0) is 19.2. The third-order valence-corrected chi connectivity index (χ3v) is 4.14. The van der Waals surface area contributed by atoms with Gasteiger partial charge in [-0.25, -0.2) is 9.97 Å². The minimum Gasteiger partial charge on any atom is -0.495 e. The van der Waals surface area contributed by atoms with E-state index in [1.165, 1.54) is 0 Å². The minimum absolute atomic E-state index is 0.123. The molecule has 0 saturated carbocycles. The van der Waals surface area contributed by atoms with Gasteiger partial charge in [0.25, 0.3) is 5.91 Å². The van der Waals surface area contributed by atoms with E-state index >= 15 is 0 Å². The maximum absolute atomic E-state index is 12.6. The third kappa shape index (κ3) is 4.61. The van der Waals surface area contributed by atoms with Gasteiger partial charge in [-0.2, -0.15) is 0 Å². The molecular formula is C21H22N4O2. The predicted octanol–water partition coefficient (Wildman–Crippen LogP) is 4.03. The maximum atomic E-state index is 12.6. The van der Waals surface area contributed by atoms with E-state index < -0.39 is 0 Å². The second kappa shape index (κ2) is 8.31. The zero-order valence-corrected chi connectivity index (χ0v) is 15.6. The molecule has 0 aliphatic rings. The first-order valence-corrected chi connectivity index (χ1v) is 8.67. The first-order valence-electron chi connectivity index (χ1n) is 8.67. The number of amides is 1. The van der Waals surface area contributed by atoms with E-state index in [0.29, 0.717) is 17.4 Å². The Labute approximate surface area is 158 Å². The van der Waals surface area contributed by atoms with E-state index in [2.05, 4.69) is 20.6 Å². The summed E-state index contributed by atoms with van der Waals surface area (Å²) in [5.74, 6) is 0.753. The lowest BCUT2D eigenvalue weighted by molar-refractivity contribution is 0.0935. The first-order chi connectivity index (χ1) is 13.1. The molecule has 1 amide bonds. The molecule has 1 atom stereocenters. The van der Waals surface area contributed by atoms with Crippen molar-refractivity contribution in [1.29, 1.82) is 0 Å². The number of aryl methyl sites for hydroxylation is 1. The summed E-state index contributed by atoms with van der Waals surface area (Å²) < 4.78 is 5.35. The van der Waals surface area contributed by atoms with Gasteiger partial charge in [0.15, 0.2) is 0 Å². The van der Waals surface area contributed by atoms with Crippen LogP contribution in [-0.2, 0) is 0 Å². The van der Waals surface area contributed by atoms with Crippen LogP contribution in [-0.4, -0.2) is 23.0 Å². The summed E-state index contributed by atoms with van der Waals surface area (Å²) in [6.45, 7) is 3.92. The highest BCUT2D eigenvalue weighted by molar-refractivity contribution is 5.92. The second-order valence-corrected chi connectivity index (χ2v) is 6.20. The van der Waals surface area contributed by atoms with Crippen LogP contribution in [0, 0.1) is 6.92 Å². The maximum Gasteiger partial charge on any atom is 0.270 e.